The third-order valence-corrected chi connectivity index (χ3v) is 5.56. The standard InChI is InChI=1S/C19H28O2/c1-2-21-18-10-6-5-9-17(18)19(20)16-12-11-14-7-3-4-8-15(14)13-16/h5-6,9-10,14-16,19-20H,2-4,7-8,11-13H2,1H3. The Hall–Kier alpha value is -1.02. The molecule has 3 rings (SSSR count). The molecular formula is C19H28O2. The minimum absolute atomic E-state index is 0.365. The van der Waals surface area contributed by atoms with Crippen molar-refractivity contribution in [2.24, 2.45) is 17.8 Å². The van der Waals surface area contributed by atoms with E-state index in [1.165, 1.54) is 44.9 Å². The number of rotatable bonds is 4. The number of fused-ring (bicyclic) bond motifs is 1. The first-order valence-corrected chi connectivity index (χ1v) is 8.69. The van der Waals surface area contributed by atoms with E-state index in [0.29, 0.717) is 12.5 Å². The predicted octanol–water partition coefficient (Wildman–Crippen LogP) is 4.73. The lowest BCUT2D eigenvalue weighted by atomic mass is 9.66. The number of aliphatic hydroxyl groups excluding tert-OH is 1. The number of para-hydroxylation sites is 1. The van der Waals surface area contributed by atoms with Crippen LogP contribution in [0.1, 0.15) is 63.5 Å². The van der Waals surface area contributed by atoms with Crippen molar-refractivity contribution in [3.8, 4) is 5.75 Å². The van der Waals surface area contributed by atoms with Gasteiger partial charge >= 0.3 is 0 Å². The van der Waals surface area contributed by atoms with Crippen LogP contribution < -0.4 is 4.74 Å². The fraction of sp³-hybridized carbons (Fsp3) is 0.684. The van der Waals surface area contributed by atoms with Gasteiger partial charge in [-0.25, -0.2) is 0 Å². The number of hydrogen-bond donors (Lipinski definition) is 1. The maximum absolute atomic E-state index is 10.9. The van der Waals surface area contributed by atoms with Gasteiger partial charge in [0.05, 0.1) is 12.7 Å². The molecule has 2 aliphatic rings. The molecule has 0 bridgehead atoms. The summed E-state index contributed by atoms with van der Waals surface area (Å²) in [5, 5.41) is 10.9. The van der Waals surface area contributed by atoms with Crippen molar-refractivity contribution in [1.29, 1.82) is 0 Å². The summed E-state index contributed by atoms with van der Waals surface area (Å²) in [6.45, 7) is 2.65. The SMILES string of the molecule is CCOc1ccccc1C(O)C1CCC2CCCCC2C1. The van der Waals surface area contributed by atoms with Crippen LogP contribution in [0.5, 0.6) is 5.75 Å². The van der Waals surface area contributed by atoms with Crippen LogP contribution in [0.25, 0.3) is 0 Å². The van der Waals surface area contributed by atoms with Crippen LogP contribution in [0.2, 0.25) is 0 Å². The largest absolute Gasteiger partial charge is 0.493 e. The first-order chi connectivity index (χ1) is 10.3. The molecule has 116 valence electrons. The summed E-state index contributed by atoms with van der Waals surface area (Å²) in [5.41, 5.74) is 0.985. The Balaban J connectivity index is 1.71. The lowest BCUT2D eigenvalue weighted by molar-refractivity contribution is 0.0334. The van der Waals surface area contributed by atoms with E-state index in [2.05, 4.69) is 0 Å². The van der Waals surface area contributed by atoms with Gasteiger partial charge in [-0.05, 0) is 50.0 Å². The van der Waals surface area contributed by atoms with Gasteiger partial charge in [0.1, 0.15) is 5.75 Å². The van der Waals surface area contributed by atoms with Gasteiger partial charge in [-0.2, -0.15) is 0 Å². The van der Waals surface area contributed by atoms with Crippen LogP contribution in [0.4, 0.5) is 0 Å². The first-order valence-electron chi connectivity index (χ1n) is 8.69. The Morgan fingerprint density at radius 1 is 1.10 bits per heavy atom. The molecule has 0 heterocycles. The van der Waals surface area contributed by atoms with Gasteiger partial charge in [0.25, 0.3) is 0 Å². The summed E-state index contributed by atoms with van der Waals surface area (Å²) in [6, 6.07) is 8.00. The molecule has 21 heavy (non-hydrogen) atoms. The summed E-state index contributed by atoms with van der Waals surface area (Å²) in [4.78, 5) is 0. The van der Waals surface area contributed by atoms with Crippen molar-refractivity contribution < 1.29 is 9.84 Å². The Kier molecular flexibility index (Phi) is 4.84. The molecule has 1 aromatic rings. The van der Waals surface area contributed by atoms with Crippen LogP contribution in [0.15, 0.2) is 24.3 Å². The Labute approximate surface area is 128 Å². The number of hydrogen-bond acceptors (Lipinski definition) is 2. The highest BCUT2D eigenvalue weighted by Crippen LogP contribution is 2.47. The minimum Gasteiger partial charge on any atom is -0.493 e. The molecule has 0 spiro atoms. The van der Waals surface area contributed by atoms with Crippen molar-refractivity contribution in [3.05, 3.63) is 29.8 Å². The van der Waals surface area contributed by atoms with E-state index >= 15 is 0 Å². The van der Waals surface area contributed by atoms with Crippen LogP contribution in [0, 0.1) is 17.8 Å². The zero-order chi connectivity index (χ0) is 14.7. The average Bonchev–Trinajstić information content (AvgIpc) is 2.54. The Morgan fingerprint density at radius 3 is 2.67 bits per heavy atom. The van der Waals surface area contributed by atoms with E-state index in [4.69, 9.17) is 4.74 Å². The summed E-state index contributed by atoms with van der Waals surface area (Å²) < 4.78 is 5.70. The average molecular weight is 288 g/mol. The fourth-order valence-electron chi connectivity index (χ4n) is 4.46. The van der Waals surface area contributed by atoms with Crippen molar-refractivity contribution in [1.82, 2.24) is 0 Å². The second kappa shape index (κ2) is 6.83. The number of benzene rings is 1. The minimum atomic E-state index is -0.365. The third-order valence-electron chi connectivity index (χ3n) is 5.56. The topological polar surface area (TPSA) is 29.5 Å². The van der Waals surface area contributed by atoms with Gasteiger partial charge in [-0.15, -0.1) is 0 Å². The molecule has 2 saturated carbocycles. The van der Waals surface area contributed by atoms with Crippen molar-refractivity contribution in [2.45, 2.75) is 58.0 Å². The van der Waals surface area contributed by atoms with Crippen LogP contribution in [-0.4, -0.2) is 11.7 Å². The summed E-state index contributed by atoms with van der Waals surface area (Å²) in [5.74, 6) is 3.06. The van der Waals surface area contributed by atoms with Crippen LogP contribution in [0.3, 0.4) is 0 Å². The van der Waals surface area contributed by atoms with E-state index < -0.39 is 0 Å². The zero-order valence-electron chi connectivity index (χ0n) is 13.1. The summed E-state index contributed by atoms with van der Waals surface area (Å²) in [7, 11) is 0. The normalized spacial score (nSPS) is 30.5. The van der Waals surface area contributed by atoms with Gasteiger partial charge in [-0.1, -0.05) is 43.9 Å². The highest BCUT2D eigenvalue weighted by molar-refractivity contribution is 5.35. The van der Waals surface area contributed by atoms with Crippen molar-refractivity contribution >= 4 is 0 Å². The third kappa shape index (κ3) is 3.26. The molecule has 0 aliphatic heterocycles. The van der Waals surface area contributed by atoms with Gasteiger partial charge < -0.3 is 9.84 Å². The van der Waals surface area contributed by atoms with E-state index in [0.717, 1.165) is 23.1 Å². The lowest BCUT2D eigenvalue weighted by Crippen LogP contribution is -2.30. The molecule has 0 radical (unpaired) electrons. The highest BCUT2D eigenvalue weighted by Gasteiger charge is 2.35. The molecule has 0 amide bonds. The van der Waals surface area contributed by atoms with E-state index in [1.807, 2.05) is 31.2 Å². The van der Waals surface area contributed by atoms with E-state index in [-0.39, 0.29) is 6.10 Å². The van der Waals surface area contributed by atoms with Gasteiger partial charge in [0.15, 0.2) is 0 Å². The molecule has 1 aromatic carbocycles. The van der Waals surface area contributed by atoms with Crippen molar-refractivity contribution in [2.75, 3.05) is 6.61 Å². The second-order valence-electron chi connectivity index (χ2n) is 6.79. The lowest BCUT2D eigenvalue weighted by Gasteiger charge is -2.41. The molecule has 2 aliphatic carbocycles. The summed E-state index contributed by atoms with van der Waals surface area (Å²) >= 11 is 0. The molecule has 2 heteroatoms. The zero-order valence-corrected chi connectivity index (χ0v) is 13.1. The van der Waals surface area contributed by atoms with E-state index in [9.17, 15) is 5.11 Å². The van der Waals surface area contributed by atoms with Gasteiger partial charge in [-0.3, -0.25) is 0 Å². The second-order valence-corrected chi connectivity index (χ2v) is 6.79. The van der Waals surface area contributed by atoms with Gasteiger partial charge in [0.2, 0.25) is 0 Å². The van der Waals surface area contributed by atoms with E-state index in [1.54, 1.807) is 0 Å². The molecule has 2 nitrogen and oxygen atoms in total. The molecule has 1 N–H and O–H groups in total. The maximum Gasteiger partial charge on any atom is 0.125 e. The number of aliphatic hydroxyl groups is 1. The smallest absolute Gasteiger partial charge is 0.125 e. The molecule has 4 atom stereocenters. The maximum atomic E-state index is 10.9. The predicted molar refractivity (Wildman–Crippen MR) is 85.4 cm³/mol. The Morgan fingerprint density at radius 2 is 1.86 bits per heavy atom. The highest BCUT2D eigenvalue weighted by atomic mass is 16.5. The van der Waals surface area contributed by atoms with Gasteiger partial charge in [0, 0.05) is 5.56 Å². The van der Waals surface area contributed by atoms with Crippen LogP contribution in [-0.2, 0) is 0 Å². The molecule has 0 saturated heterocycles. The monoisotopic (exact) mass is 288 g/mol. The molecular weight excluding hydrogens is 260 g/mol. The Bertz CT molecular complexity index is 457. The molecule has 4 unspecified atom stereocenters. The quantitative estimate of drug-likeness (QED) is 0.868. The summed E-state index contributed by atoms with van der Waals surface area (Å²) in [6.07, 6.45) is 8.92. The van der Waals surface area contributed by atoms with Crippen molar-refractivity contribution in [3.63, 3.8) is 0 Å². The number of ether oxygens (including phenoxy) is 1. The molecule has 0 aromatic heterocycles. The van der Waals surface area contributed by atoms with Crippen LogP contribution >= 0.6 is 0 Å². The molecule has 2 fully saturated rings. The fourth-order valence-corrected chi connectivity index (χ4v) is 4.46. The first kappa shape index (κ1) is 14.9.